The number of sulfone groups is 1. The minimum absolute atomic E-state index is 0.145. The van der Waals surface area contributed by atoms with Gasteiger partial charge in [-0.15, -0.1) is 0 Å². The maximum atomic E-state index is 13.7. The number of aliphatic hydroxyl groups is 1. The van der Waals surface area contributed by atoms with Gasteiger partial charge in [-0.25, -0.2) is 25.9 Å². The lowest BCUT2D eigenvalue weighted by Gasteiger charge is -2.16. The van der Waals surface area contributed by atoms with Crippen molar-refractivity contribution in [2.24, 2.45) is 0 Å². The summed E-state index contributed by atoms with van der Waals surface area (Å²) in [7, 11) is -7.87. The van der Waals surface area contributed by atoms with Gasteiger partial charge < -0.3 is 5.11 Å². The third-order valence-electron chi connectivity index (χ3n) is 2.67. The van der Waals surface area contributed by atoms with Crippen LogP contribution in [0.4, 0.5) is 4.39 Å². The average Bonchev–Trinajstić information content (AvgIpc) is 2.25. The van der Waals surface area contributed by atoms with Crippen LogP contribution in [0.3, 0.4) is 0 Å². The number of benzene rings is 1. The highest BCUT2D eigenvalue weighted by Gasteiger charge is 2.24. The summed E-state index contributed by atoms with van der Waals surface area (Å²) in [5, 5.41) is 9.21. The molecule has 21 heavy (non-hydrogen) atoms. The molecule has 1 rings (SSSR count). The van der Waals surface area contributed by atoms with Gasteiger partial charge in [0.2, 0.25) is 10.0 Å². The quantitative estimate of drug-likeness (QED) is 0.742. The molecule has 1 aromatic rings. The Balaban J connectivity index is 3.19. The molecule has 2 N–H and O–H groups in total. The maximum absolute atomic E-state index is 13.7. The number of aliphatic hydroxyl groups excluding tert-OH is 1. The number of hydrogen-bond donors (Lipinski definition) is 2. The molecule has 2 atom stereocenters. The van der Waals surface area contributed by atoms with Crippen LogP contribution in [-0.4, -0.2) is 40.3 Å². The molecule has 0 saturated heterocycles. The normalized spacial score (nSPS) is 15.7. The average molecular weight is 339 g/mol. The molecule has 0 aliphatic carbocycles. The van der Waals surface area contributed by atoms with Gasteiger partial charge in [0.1, 0.15) is 10.7 Å². The Labute approximate surface area is 124 Å². The van der Waals surface area contributed by atoms with E-state index in [1.165, 1.54) is 13.8 Å². The van der Waals surface area contributed by atoms with Crippen molar-refractivity contribution in [3.8, 4) is 0 Å². The van der Waals surface area contributed by atoms with Gasteiger partial charge in [-0.05, 0) is 38.5 Å². The molecule has 120 valence electrons. The molecule has 0 radical (unpaired) electrons. The smallest absolute Gasteiger partial charge is 0.243 e. The minimum atomic E-state index is -4.22. The third kappa shape index (κ3) is 5.03. The van der Waals surface area contributed by atoms with Gasteiger partial charge in [-0.2, -0.15) is 0 Å². The van der Waals surface area contributed by atoms with Crippen LogP contribution in [0.25, 0.3) is 0 Å². The Morgan fingerprint density at radius 1 is 1.24 bits per heavy atom. The van der Waals surface area contributed by atoms with Crippen molar-refractivity contribution in [1.29, 1.82) is 0 Å². The lowest BCUT2D eigenvalue weighted by atomic mass is 10.2. The van der Waals surface area contributed by atoms with Crippen molar-refractivity contribution in [1.82, 2.24) is 4.72 Å². The molecule has 0 heterocycles. The van der Waals surface area contributed by atoms with Crippen LogP contribution in [0, 0.1) is 5.82 Å². The Kier molecular flexibility index (Phi) is 5.48. The van der Waals surface area contributed by atoms with Gasteiger partial charge in [0.25, 0.3) is 0 Å². The van der Waals surface area contributed by atoms with Gasteiger partial charge >= 0.3 is 0 Å². The third-order valence-corrected chi connectivity index (χ3v) is 5.39. The summed E-state index contributed by atoms with van der Waals surface area (Å²) < 4.78 is 62.9. The molecule has 0 fully saturated rings. The molecule has 2 unspecified atom stereocenters. The van der Waals surface area contributed by atoms with E-state index in [0.717, 1.165) is 24.5 Å². The highest BCUT2D eigenvalue weighted by atomic mass is 32.2. The molecule has 0 bridgehead atoms. The molecular formula is C12H18FNO5S2. The fourth-order valence-electron chi connectivity index (χ4n) is 1.81. The second-order valence-electron chi connectivity index (χ2n) is 4.97. The van der Waals surface area contributed by atoms with Crippen LogP contribution in [-0.2, 0) is 19.9 Å². The van der Waals surface area contributed by atoms with E-state index in [0.29, 0.717) is 0 Å². The van der Waals surface area contributed by atoms with Gasteiger partial charge in [0.05, 0.1) is 11.0 Å². The van der Waals surface area contributed by atoms with E-state index in [4.69, 9.17) is 0 Å². The van der Waals surface area contributed by atoms with Crippen LogP contribution in [0.15, 0.2) is 28.0 Å². The van der Waals surface area contributed by atoms with Crippen LogP contribution >= 0.6 is 0 Å². The van der Waals surface area contributed by atoms with Crippen LogP contribution < -0.4 is 4.72 Å². The van der Waals surface area contributed by atoms with Crippen LogP contribution in [0.1, 0.15) is 20.3 Å². The Hall–Kier alpha value is -1.03. The summed E-state index contributed by atoms with van der Waals surface area (Å²) in [4.78, 5) is -1.02. The SMILES string of the molecule is CC(O)CC(C)NS(=O)(=O)c1cc(S(C)(=O)=O)ccc1F. The zero-order chi connectivity index (χ0) is 16.4. The van der Waals surface area contributed by atoms with Crippen molar-refractivity contribution in [3.63, 3.8) is 0 Å². The first-order valence-electron chi connectivity index (χ1n) is 6.13. The number of halogens is 1. The first kappa shape index (κ1) is 18.0. The highest BCUT2D eigenvalue weighted by molar-refractivity contribution is 7.91. The zero-order valence-corrected chi connectivity index (χ0v) is 13.5. The molecule has 6 nitrogen and oxygen atoms in total. The second-order valence-corrected chi connectivity index (χ2v) is 8.67. The van der Waals surface area contributed by atoms with Gasteiger partial charge in [0.15, 0.2) is 9.84 Å². The molecule has 0 saturated carbocycles. The molecule has 0 amide bonds. The van der Waals surface area contributed by atoms with Crippen molar-refractivity contribution >= 4 is 19.9 Å². The highest BCUT2D eigenvalue weighted by Crippen LogP contribution is 2.20. The fourth-order valence-corrected chi connectivity index (χ4v) is 3.89. The predicted molar refractivity (Wildman–Crippen MR) is 75.6 cm³/mol. The number of rotatable bonds is 6. The molecule has 1 aromatic carbocycles. The summed E-state index contributed by atoms with van der Waals surface area (Å²) in [6.45, 7) is 3.01. The largest absolute Gasteiger partial charge is 0.393 e. The Bertz CT molecular complexity index is 713. The fraction of sp³-hybridized carbons (Fsp3) is 0.500. The monoisotopic (exact) mass is 339 g/mol. The van der Waals surface area contributed by atoms with Crippen molar-refractivity contribution in [3.05, 3.63) is 24.0 Å². The van der Waals surface area contributed by atoms with E-state index in [-0.39, 0.29) is 11.3 Å². The standard InChI is InChI=1S/C12H18FNO5S2/c1-8(6-9(2)15)14-21(18,19)12-7-10(20(3,16)17)4-5-11(12)13/h4-5,7-9,14-15H,6H2,1-3H3. The van der Waals surface area contributed by atoms with Crippen molar-refractivity contribution in [2.45, 2.75) is 42.2 Å². The molecule has 9 heteroatoms. The first-order valence-corrected chi connectivity index (χ1v) is 9.51. The van der Waals surface area contributed by atoms with Crippen molar-refractivity contribution in [2.75, 3.05) is 6.26 Å². The molecule has 0 spiro atoms. The van der Waals surface area contributed by atoms with Crippen molar-refractivity contribution < 1.29 is 26.3 Å². The molecule has 0 aliphatic heterocycles. The first-order chi connectivity index (χ1) is 9.43. The van der Waals surface area contributed by atoms with Gasteiger partial charge in [-0.3, -0.25) is 0 Å². The number of nitrogens with one attached hydrogen (secondary N) is 1. The summed E-state index contributed by atoms with van der Waals surface area (Å²) >= 11 is 0. The molecule has 0 aliphatic rings. The van der Waals surface area contributed by atoms with E-state index in [9.17, 15) is 26.3 Å². The topological polar surface area (TPSA) is 101 Å². The maximum Gasteiger partial charge on any atom is 0.243 e. The minimum Gasteiger partial charge on any atom is -0.393 e. The van der Waals surface area contributed by atoms with Gasteiger partial charge in [-0.1, -0.05) is 0 Å². The summed E-state index contributed by atoms with van der Waals surface area (Å²) in [6.07, 6.45) is 0.321. The van der Waals surface area contributed by atoms with Crippen LogP contribution in [0.5, 0.6) is 0 Å². The van der Waals surface area contributed by atoms with E-state index in [2.05, 4.69) is 4.72 Å². The van der Waals surface area contributed by atoms with Crippen LogP contribution in [0.2, 0.25) is 0 Å². The summed E-state index contributed by atoms with van der Waals surface area (Å²) in [6, 6.07) is 1.95. The Morgan fingerprint density at radius 3 is 2.29 bits per heavy atom. The molecular weight excluding hydrogens is 321 g/mol. The Morgan fingerprint density at radius 2 is 1.81 bits per heavy atom. The zero-order valence-electron chi connectivity index (χ0n) is 11.9. The predicted octanol–water partition coefficient (Wildman–Crippen LogP) is 0.667. The lowest BCUT2D eigenvalue weighted by molar-refractivity contribution is 0.175. The molecule has 0 aromatic heterocycles. The van der Waals surface area contributed by atoms with E-state index in [1.54, 1.807) is 0 Å². The number of hydrogen-bond acceptors (Lipinski definition) is 5. The number of sulfonamides is 1. The van der Waals surface area contributed by atoms with E-state index < -0.39 is 42.7 Å². The summed E-state index contributed by atoms with van der Waals surface area (Å²) in [5.41, 5.74) is 0. The summed E-state index contributed by atoms with van der Waals surface area (Å²) in [5.74, 6) is -1.04. The van der Waals surface area contributed by atoms with E-state index >= 15 is 0 Å². The lowest BCUT2D eigenvalue weighted by Crippen LogP contribution is -2.35. The second kappa shape index (κ2) is 6.39. The van der Waals surface area contributed by atoms with E-state index in [1.807, 2.05) is 0 Å². The van der Waals surface area contributed by atoms with Gasteiger partial charge in [0, 0.05) is 12.3 Å².